The predicted octanol–water partition coefficient (Wildman–Crippen LogP) is 3.58. The van der Waals surface area contributed by atoms with Crippen molar-refractivity contribution in [1.82, 2.24) is 4.73 Å². The summed E-state index contributed by atoms with van der Waals surface area (Å²) in [6.07, 6.45) is 0. The molecule has 0 radical (unpaired) electrons. The van der Waals surface area contributed by atoms with Crippen LogP contribution < -0.4 is 29.2 Å². The second-order valence-corrected chi connectivity index (χ2v) is 6.76. The lowest BCUT2D eigenvalue weighted by atomic mass is 10.2. The Labute approximate surface area is 180 Å². The second-order valence-electron chi connectivity index (χ2n) is 6.76. The number of aryl methyl sites for hydroxylation is 1. The Kier molecular flexibility index (Phi) is 6.92. The Balaban J connectivity index is 1.63. The van der Waals surface area contributed by atoms with E-state index in [1.807, 2.05) is 12.1 Å². The Hall–Kier alpha value is -3.81. The molecule has 3 aromatic rings. The van der Waals surface area contributed by atoms with Crippen LogP contribution in [0.1, 0.15) is 16.8 Å². The van der Waals surface area contributed by atoms with Crippen molar-refractivity contribution in [2.45, 2.75) is 20.1 Å². The smallest absolute Gasteiger partial charge is 0.283 e. The molecule has 164 valence electrons. The SMILES string of the molecule is COc1cc(COc2ccc(OCc3cc(C)cc(=O)n3O)cc2)cc(OC)c1OC. The maximum Gasteiger partial charge on any atom is 0.283 e. The zero-order valence-electron chi connectivity index (χ0n) is 17.9. The van der Waals surface area contributed by atoms with Gasteiger partial charge in [0.05, 0.1) is 27.0 Å². The van der Waals surface area contributed by atoms with Crippen molar-refractivity contribution >= 4 is 0 Å². The highest BCUT2D eigenvalue weighted by molar-refractivity contribution is 5.53. The molecule has 0 aliphatic heterocycles. The van der Waals surface area contributed by atoms with Crippen molar-refractivity contribution in [3.05, 3.63) is 75.7 Å². The minimum atomic E-state index is -0.492. The number of pyridine rings is 1. The first-order chi connectivity index (χ1) is 14.9. The fraction of sp³-hybridized carbons (Fsp3) is 0.261. The minimum absolute atomic E-state index is 0.0546. The molecule has 0 saturated heterocycles. The topological polar surface area (TPSA) is 88.4 Å². The van der Waals surface area contributed by atoms with E-state index in [-0.39, 0.29) is 6.61 Å². The predicted molar refractivity (Wildman–Crippen MR) is 114 cm³/mol. The van der Waals surface area contributed by atoms with Crippen LogP contribution in [0.25, 0.3) is 0 Å². The van der Waals surface area contributed by atoms with Gasteiger partial charge in [0.25, 0.3) is 5.56 Å². The number of nitrogens with zero attached hydrogens (tertiary/aromatic N) is 1. The van der Waals surface area contributed by atoms with Crippen LogP contribution in [0.4, 0.5) is 0 Å². The zero-order valence-corrected chi connectivity index (χ0v) is 17.9. The summed E-state index contributed by atoms with van der Waals surface area (Å²) in [6, 6.07) is 13.7. The third kappa shape index (κ3) is 5.22. The molecule has 1 N–H and O–H groups in total. The number of hydrogen-bond donors (Lipinski definition) is 1. The van der Waals surface area contributed by atoms with E-state index in [1.165, 1.54) is 6.07 Å². The van der Waals surface area contributed by atoms with E-state index in [1.54, 1.807) is 58.6 Å². The molecule has 31 heavy (non-hydrogen) atoms. The summed E-state index contributed by atoms with van der Waals surface area (Å²) in [5.41, 5.74) is 1.49. The van der Waals surface area contributed by atoms with Crippen LogP contribution in [0.15, 0.2) is 53.3 Å². The number of benzene rings is 2. The molecule has 0 fully saturated rings. The maximum absolute atomic E-state index is 11.6. The number of rotatable bonds is 9. The van der Waals surface area contributed by atoms with E-state index in [2.05, 4.69) is 0 Å². The summed E-state index contributed by atoms with van der Waals surface area (Å²) in [4.78, 5) is 11.6. The highest BCUT2D eigenvalue weighted by Gasteiger charge is 2.13. The molecule has 0 amide bonds. The average Bonchev–Trinajstić information content (AvgIpc) is 2.78. The summed E-state index contributed by atoms with van der Waals surface area (Å²) in [6.45, 7) is 2.14. The van der Waals surface area contributed by atoms with E-state index in [0.29, 0.717) is 45.8 Å². The van der Waals surface area contributed by atoms with Gasteiger partial charge in [0.15, 0.2) is 11.5 Å². The maximum atomic E-state index is 11.6. The summed E-state index contributed by atoms with van der Waals surface area (Å²) < 4.78 is 28.1. The van der Waals surface area contributed by atoms with Gasteiger partial charge in [-0.1, -0.05) is 0 Å². The summed E-state index contributed by atoms with van der Waals surface area (Å²) in [7, 11) is 4.68. The Bertz CT molecular complexity index is 1070. The lowest BCUT2D eigenvalue weighted by molar-refractivity contribution is 0.147. The monoisotopic (exact) mass is 427 g/mol. The van der Waals surface area contributed by atoms with E-state index in [4.69, 9.17) is 23.7 Å². The number of ether oxygens (including phenoxy) is 5. The van der Waals surface area contributed by atoms with Crippen LogP contribution >= 0.6 is 0 Å². The Morgan fingerprint density at radius 2 is 1.35 bits per heavy atom. The molecular weight excluding hydrogens is 402 g/mol. The molecule has 2 aromatic carbocycles. The molecule has 8 heteroatoms. The van der Waals surface area contributed by atoms with Gasteiger partial charge in [0.2, 0.25) is 5.75 Å². The third-order valence-corrected chi connectivity index (χ3v) is 4.57. The molecule has 1 aromatic heterocycles. The third-order valence-electron chi connectivity index (χ3n) is 4.57. The molecule has 8 nitrogen and oxygen atoms in total. The molecule has 0 unspecified atom stereocenters. The standard InChI is InChI=1S/C23H25NO7/c1-15-9-17(24(26)22(25)10-15)14-31-19-7-5-18(6-8-19)30-13-16-11-20(27-2)23(29-4)21(12-16)28-3/h5-12,26H,13-14H2,1-4H3. The molecule has 1 heterocycles. The molecule has 3 rings (SSSR count). The van der Waals surface area contributed by atoms with Crippen LogP contribution in [0.5, 0.6) is 28.7 Å². The van der Waals surface area contributed by atoms with Crippen LogP contribution in [-0.4, -0.2) is 31.3 Å². The molecule has 0 aliphatic carbocycles. The fourth-order valence-corrected chi connectivity index (χ4v) is 3.04. The van der Waals surface area contributed by atoms with Crippen LogP contribution in [0.2, 0.25) is 0 Å². The van der Waals surface area contributed by atoms with Gasteiger partial charge in [-0.05, 0) is 60.5 Å². The van der Waals surface area contributed by atoms with E-state index in [0.717, 1.165) is 11.1 Å². The van der Waals surface area contributed by atoms with Gasteiger partial charge < -0.3 is 28.9 Å². The van der Waals surface area contributed by atoms with Crippen molar-refractivity contribution in [2.24, 2.45) is 0 Å². The Morgan fingerprint density at radius 1 is 0.806 bits per heavy atom. The molecular formula is C23H25NO7. The summed E-state index contributed by atoms with van der Waals surface area (Å²) >= 11 is 0. The normalized spacial score (nSPS) is 10.5. The van der Waals surface area contributed by atoms with Crippen LogP contribution in [-0.2, 0) is 13.2 Å². The van der Waals surface area contributed by atoms with Gasteiger partial charge in [0.1, 0.15) is 24.7 Å². The second kappa shape index (κ2) is 9.80. The highest BCUT2D eigenvalue weighted by atomic mass is 16.5. The van der Waals surface area contributed by atoms with Crippen molar-refractivity contribution in [3.63, 3.8) is 0 Å². The minimum Gasteiger partial charge on any atom is -0.493 e. The quantitative estimate of drug-likeness (QED) is 0.522. The molecule has 0 atom stereocenters. The first kappa shape index (κ1) is 21.9. The van der Waals surface area contributed by atoms with Crippen molar-refractivity contribution in [3.8, 4) is 28.7 Å². The van der Waals surface area contributed by atoms with Crippen molar-refractivity contribution in [2.75, 3.05) is 21.3 Å². The van der Waals surface area contributed by atoms with Gasteiger partial charge in [-0.2, -0.15) is 0 Å². The Morgan fingerprint density at radius 3 is 1.87 bits per heavy atom. The number of hydrogen-bond acceptors (Lipinski definition) is 7. The van der Waals surface area contributed by atoms with E-state index < -0.39 is 5.56 Å². The molecule has 0 bridgehead atoms. The van der Waals surface area contributed by atoms with Gasteiger partial charge in [-0.25, -0.2) is 0 Å². The summed E-state index contributed by atoms with van der Waals surface area (Å²) in [5.74, 6) is 2.87. The zero-order chi connectivity index (χ0) is 22.4. The molecule has 0 saturated carbocycles. The lowest BCUT2D eigenvalue weighted by Gasteiger charge is -2.14. The fourth-order valence-electron chi connectivity index (χ4n) is 3.04. The number of aromatic nitrogens is 1. The van der Waals surface area contributed by atoms with E-state index >= 15 is 0 Å². The average molecular weight is 427 g/mol. The first-order valence-corrected chi connectivity index (χ1v) is 9.51. The van der Waals surface area contributed by atoms with Gasteiger partial charge in [0, 0.05) is 6.07 Å². The first-order valence-electron chi connectivity index (χ1n) is 9.51. The van der Waals surface area contributed by atoms with E-state index in [9.17, 15) is 10.0 Å². The van der Waals surface area contributed by atoms with Gasteiger partial charge in [-0.3, -0.25) is 4.79 Å². The van der Waals surface area contributed by atoms with Gasteiger partial charge >= 0.3 is 0 Å². The van der Waals surface area contributed by atoms with Crippen molar-refractivity contribution in [1.29, 1.82) is 0 Å². The van der Waals surface area contributed by atoms with Crippen LogP contribution in [0, 0.1) is 6.92 Å². The number of methoxy groups -OCH3 is 3. The highest BCUT2D eigenvalue weighted by Crippen LogP contribution is 2.38. The van der Waals surface area contributed by atoms with Crippen molar-refractivity contribution < 1.29 is 28.9 Å². The lowest BCUT2D eigenvalue weighted by Crippen LogP contribution is -2.21. The largest absolute Gasteiger partial charge is 0.493 e. The molecule has 0 spiro atoms. The summed E-state index contributed by atoms with van der Waals surface area (Å²) in [5, 5.41) is 9.81. The van der Waals surface area contributed by atoms with Crippen LogP contribution in [0.3, 0.4) is 0 Å². The molecule has 0 aliphatic rings. The van der Waals surface area contributed by atoms with Gasteiger partial charge in [-0.15, -0.1) is 4.73 Å².